The van der Waals surface area contributed by atoms with Crippen molar-refractivity contribution >= 4 is 15.9 Å². The second kappa shape index (κ2) is 7.43. The fourth-order valence-electron chi connectivity index (χ4n) is 2.02. The Morgan fingerprint density at radius 1 is 1.05 bits per heavy atom. The molecule has 0 bridgehead atoms. The topological polar surface area (TPSA) is 47.3 Å². The zero-order chi connectivity index (χ0) is 14.4. The lowest BCUT2D eigenvalue weighted by molar-refractivity contribution is 0.407. The molecule has 4 heteroatoms. The van der Waals surface area contributed by atoms with Crippen molar-refractivity contribution in [2.45, 2.75) is 19.6 Å². The fourth-order valence-corrected chi connectivity index (χ4v) is 2.43. The number of nitrogens with one attached hydrogen (secondary N) is 1. The van der Waals surface area contributed by atoms with Gasteiger partial charge in [0.25, 0.3) is 0 Å². The van der Waals surface area contributed by atoms with Gasteiger partial charge in [0.2, 0.25) is 0 Å². The minimum Gasteiger partial charge on any atom is -0.496 e. The molecule has 0 radical (unpaired) electrons. The molecule has 2 aromatic rings. The van der Waals surface area contributed by atoms with Crippen molar-refractivity contribution in [3.63, 3.8) is 0 Å². The van der Waals surface area contributed by atoms with Crippen molar-refractivity contribution in [3.8, 4) is 5.75 Å². The van der Waals surface area contributed by atoms with Crippen LogP contribution in [0.3, 0.4) is 0 Å². The Hall–Kier alpha value is -1.36. The maximum atomic E-state index is 5.59. The molecule has 0 spiro atoms. The van der Waals surface area contributed by atoms with Gasteiger partial charge in [-0.15, -0.1) is 0 Å². The van der Waals surface area contributed by atoms with Gasteiger partial charge in [-0.25, -0.2) is 0 Å². The van der Waals surface area contributed by atoms with E-state index in [2.05, 4.69) is 51.6 Å². The Morgan fingerprint density at radius 3 is 2.40 bits per heavy atom. The zero-order valence-corrected chi connectivity index (χ0v) is 13.1. The summed E-state index contributed by atoms with van der Waals surface area (Å²) in [5.74, 6) is 0.902. The molecule has 2 aromatic carbocycles. The van der Waals surface area contributed by atoms with E-state index in [0.717, 1.165) is 34.4 Å². The summed E-state index contributed by atoms with van der Waals surface area (Å²) < 4.78 is 6.42. The number of benzene rings is 2. The molecule has 0 fully saturated rings. The smallest absolute Gasteiger partial charge is 0.123 e. The van der Waals surface area contributed by atoms with Crippen molar-refractivity contribution in [1.29, 1.82) is 0 Å². The van der Waals surface area contributed by atoms with Crippen LogP contribution in [0.15, 0.2) is 46.9 Å². The summed E-state index contributed by atoms with van der Waals surface area (Å²) >= 11 is 3.48. The second-order valence-electron chi connectivity index (χ2n) is 4.58. The predicted molar refractivity (Wildman–Crippen MR) is 85.6 cm³/mol. The van der Waals surface area contributed by atoms with E-state index in [1.54, 1.807) is 7.11 Å². The van der Waals surface area contributed by atoms with E-state index in [9.17, 15) is 0 Å². The lowest BCUT2D eigenvalue weighted by atomic mass is 10.1. The molecular weight excluding hydrogens is 316 g/mol. The average Bonchev–Trinajstić information content (AvgIpc) is 2.48. The van der Waals surface area contributed by atoms with Crippen molar-refractivity contribution in [1.82, 2.24) is 5.32 Å². The van der Waals surface area contributed by atoms with Gasteiger partial charge in [0.05, 0.1) is 7.11 Å². The van der Waals surface area contributed by atoms with E-state index in [1.807, 2.05) is 12.1 Å². The largest absolute Gasteiger partial charge is 0.496 e. The first-order valence-electron chi connectivity index (χ1n) is 6.54. The van der Waals surface area contributed by atoms with Crippen molar-refractivity contribution in [2.24, 2.45) is 5.73 Å². The van der Waals surface area contributed by atoms with Crippen molar-refractivity contribution in [2.75, 3.05) is 7.11 Å². The van der Waals surface area contributed by atoms with Crippen LogP contribution in [0.1, 0.15) is 16.7 Å². The summed E-state index contributed by atoms with van der Waals surface area (Å²) in [7, 11) is 1.69. The first kappa shape index (κ1) is 15.0. The summed E-state index contributed by atoms with van der Waals surface area (Å²) in [6.45, 7) is 2.17. The van der Waals surface area contributed by atoms with Crippen LogP contribution in [-0.2, 0) is 19.6 Å². The standard InChI is InChI=1S/C16H19BrN2O/c1-20-16-7-6-15(17)8-14(16)11-19-10-13-4-2-12(9-18)3-5-13/h2-8,19H,9-11,18H2,1H3. The third-order valence-corrected chi connectivity index (χ3v) is 3.64. The van der Waals surface area contributed by atoms with E-state index in [4.69, 9.17) is 10.5 Å². The first-order chi connectivity index (χ1) is 9.72. The van der Waals surface area contributed by atoms with Gasteiger partial charge in [-0.3, -0.25) is 0 Å². The first-order valence-corrected chi connectivity index (χ1v) is 7.33. The van der Waals surface area contributed by atoms with Crippen LogP contribution in [0, 0.1) is 0 Å². The lowest BCUT2D eigenvalue weighted by Crippen LogP contribution is -2.13. The third kappa shape index (κ3) is 4.07. The van der Waals surface area contributed by atoms with Crippen LogP contribution in [0.25, 0.3) is 0 Å². The van der Waals surface area contributed by atoms with Gasteiger partial charge in [0.15, 0.2) is 0 Å². The number of hydrogen-bond acceptors (Lipinski definition) is 3. The molecule has 0 aliphatic rings. The van der Waals surface area contributed by atoms with Crippen LogP contribution in [0.2, 0.25) is 0 Å². The lowest BCUT2D eigenvalue weighted by Gasteiger charge is -2.10. The van der Waals surface area contributed by atoms with Crippen LogP contribution in [0.5, 0.6) is 5.75 Å². The molecule has 0 aliphatic carbocycles. The van der Waals surface area contributed by atoms with Gasteiger partial charge in [0.1, 0.15) is 5.75 Å². The number of hydrogen-bond donors (Lipinski definition) is 2. The average molecular weight is 335 g/mol. The van der Waals surface area contributed by atoms with Crippen LogP contribution < -0.4 is 15.8 Å². The number of methoxy groups -OCH3 is 1. The molecule has 0 saturated heterocycles. The molecule has 0 heterocycles. The summed E-state index contributed by atoms with van der Waals surface area (Å²) in [5.41, 5.74) is 9.13. The third-order valence-electron chi connectivity index (χ3n) is 3.15. The predicted octanol–water partition coefficient (Wildman–Crippen LogP) is 3.21. The monoisotopic (exact) mass is 334 g/mol. The summed E-state index contributed by atoms with van der Waals surface area (Å²) in [6, 6.07) is 14.4. The van der Waals surface area contributed by atoms with Gasteiger partial charge in [-0.2, -0.15) is 0 Å². The van der Waals surface area contributed by atoms with Crippen LogP contribution in [0.4, 0.5) is 0 Å². The molecule has 0 aromatic heterocycles. The summed E-state index contributed by atoms with van der Waals surface area (Å²) in [5, 5.41) is 3.43. The Labute approximate surface area is 128 Å². The number of nitrogens with two attached hydrogens (primary N) is 1. The van der Waals surface area contributed by atoms with Crippen LogP contribution >= 0.6 is 15.9 Å². The fraction of sp³-hybridized carbons (Fsp3) is 0.250. The molecule has 2 rings (SSSR count). The van der Waals surface area contributed by atoms with Crippen LogP contribution in [-0.4, -0.2) is 7.11 Å². The van der Waals surface area contributed by atoms with Gasteiger partial charge >= 0.3 is 0 Å². The summed E-state index contributed by atoms with van der Waals surface area (Å²) in [4.78, 5) is 0. The Morgan fingerprint density at radius 2 is 1.75 bits per heavy atom. The maximum absolute atomic E-state index is 5.59. The van der Waals surface area contributed by atoms with Crippen molar-refractivity contribution in [3.05, 3.63) is 63.6 Å². The minimum atomic E-state index is 0.586. The highest BCUT2D eigenvalue weighted by atomic mass is 79.9. The van der Waals surface area contributed by atoms with Gasteiger partial charge in [-0.1, -0.05) is 40.2 Å². The summed E-state index contributed by atoms with van der Waals surface area (Å²) in [6.07, 6.45) is 0. The van der Waals surface area contributed by atoms with Gasteiger partial charge in [-0.05, 0) is 29.3 Å². The van der Waals surface area contributed by atoms with E-state index >= 15 is 0 Å². The van der Waals surface area contributed by atoms with Crippen molar-refractivity contribution < 1.29 is 4.74 Å². The number of rotatable bonds is 6. The zero-order valence-electron chi connectivity index (χ0n) is 11.5. The van der Waals surface area contributed by atoms with Gasteiger partial charge in [0, 0.05) is 29.7 Å². The molecule has 20 heavy (non-hydrogen) atoms. The number of halogens is 1. The quantitative estimate of drug-likeness (QED) is 0.852. The SMILES string of the molecule is COc1ccc(Br)cc1CNCc1ccc(CN)cc1. The highest BCUT2D eigenvalue weighted by Crippen LogP contribution is 2.22. The molecular formula is C16H19BrN2O. The molecule has 106 valence electrons. The van der Waals surface area contributed by atoms with E-state index in [1.165, 1.54) is 5.56 Å². The highest BCUT2D eigenvalue weighted by Gasteiger charge is 2.03. The minimum absolute atomic E-state index is 0.586. The van der Waals surface area contributed by atoms with Gasteiger partial charge < -0.3 is 15.8 Å². The molecule has 0 amide bonds. The Kier molecular flexibility index (Phi) is 5.59. The highest BCUT2D eigenvalue weighted by molar-refractivity contribution is 9.10. The molecule has 0 saturated carbocycles. The number of ether oxygens (including phenoxy) is 1. The molecule has 3 nitrogen and oxygen atoms in total. The molecule has 0 aliphatic heterocycles. The Balaban J connectivity index is 1.93. The molecule has 0 atom stereocenters. The molecule has 0 unspecified atom stereocenters. The maximum Gasteiger partial charge on any atom is 0.123 e. The normalized spacial score (nSPS) is 10.6. The molecule has 3 N–H and O–H groups in total. The second-order valence-corrected chi connectivity index (χ2v) is 5.50. The Bertz CT molecular complexity index is 555. The van der Waals surface area contributed by atoms with E-state index in [0.29, 0.717) is 6.54 Å². The van der Waals surface area contributed by atoms with E-state index < -0.39 is 0 Å². The van der Waals surface area contributed by atoms with E-state index in [-0.39, 0.29) is 0 Å².